The van der Waals surface area contributed by atoms with Crippen molar-refractivity contribution in [2.75, 3.05) is 39.9 Å². The summed E-state index contributed by atoms with van der Waals surface area (Å²) >= 11 is 0. The summed E-state index contributed by atoms with van der Waals surface area (Å²) in [6, 6.07) is 2.08. The van der Waals surface area contributed by atoms with Crippen LogP contribution in [0.15, 0.2) is 6.07 Å². The van der Waals surface area contributed by atoms with Gasteiger partial charge in [0.05, 0.1) is 26.0 Å². The Balaban J connectivity index is 2.41. The Bertz CT molecular complexity index is 462. The summed E-state index contributed by atoms with van der Waals surface area (Å²) in [4.78, 5) is 18.6. The van der Waals surface area contributed by atoms with Crippen LogP contribution in [0.2, 0.25) is 0 Å². The van der Waals surface area contributed by atoms with E-state index < -0.39 is 0 Å². The third kappa shape index (κ3) is 8.11. The van der Waals surface area contributed by atoms with Crippen molar-refractivity contribution in [3.05, 3.63) is 17.5 Å². The van der Waals surface area contributed by atoms with Crippen molar-refractivity contribution in [3.8, 4) is 0 Å². The SMILES string of the molecule is CCOC(=O)CCCN(CCNOC)CCn1nc(C)cc1C. The first-order valence-corrected chi connectivity index (χ1v) is 8.21. The molecular formula is C16H30N4O3. The second-order valence-corrected chi connectivity index (χ2v) is 5.50. The molecule has 1 N–H and O–H groups in total. The number of carbonyl (C=O) groups excluding carboxylic acids is 1. The Hall–Kier alpha value is -1.44. The molecule has 0 fully saturated rings. The topological polar surface area (TPSA) is 68.6 Å². The molecule has 1 rings (SSSR count). The van der Waals surface area contributed by atoms with Crippen LogP contribution in [0, 0.1) is 13.8 Å². The van der Waals surface area contributed by atoms with Gasteiger partial charge in [-0.2, -0.15) is 5.10 Å². The molecule has 0 saturated carbocycles. The van der Waals surface area contributed by atoms with E-state index in [1.54, 1.807) is 7.11 Å². The fraction of sp³-hybridized carbons (Fsp3) is 0.750. The molecule has 0 aliphatic rings. The maximum atomic E-state index is 11.4. The van der Waals surface area contributed by atoms with Crippen molar-refractivity contribution in [2.45, 2.75) is 40.2 Å². The highest BCUT2D eigenvalue weighted by Gasteiger charge is 2.09. The predicted molar refractivity (Wildman–Crippen MR) is 89.0 cm³/mol. The Morgan fingerprint density at radius 3 is 2.74 bits per heavy atom. The molecule has 0 radical (unpaired) electrons. The van der Waals surface area contributed by atoms with Crippen LogP contribution in [0.4, 0.5) is 0 Å². The van der Waals surface area contributed by atoms with E-state index in [4.69, 9.17) is 9.57 Å². The van der Waals surface area contributed by atoms with E-state index in [-0.39, 0.29) is 5.97 Å². The molecule has 132 valence electrons. The first kappa shape index (κ1) is 19.6. The van der Waals surface area contributed by atoms with Gasteiger partial charge in [0.15, 0.2) is 0 Å². The zero-order valence-electron chi connectivity index (χ0n) is 14.8. The van der Waals surface area contributed by atoms with Crippen molar-refractivity contribution in [1.82, 2.24) is 20.2 Å². The Morgan fingerprint density at radius 2 is 2.13 bits per heavy atom. The monoisotopic (exact) mass is 326 g/mol. The molecule has 0 aliphatic heterocycles. The second-order valence-electron chi connectivity index (χ2n) is 5.50. The van der Waals surface area contributed by atoms with Crippen LogP contribution in [0.1, 0.15) is 31.2 Å². The van der Waals surface area contributed by atoms with Gasteiger partial charge in [0.1, 0.15) is 0 Å². The van der Waals surface area contributed by atoms with Gasteiger partial charge in [-0.1, -0.05) is 0 Å². The van der Waals surface area contributed by atoms with Crippen molar-refractivity contribution in [2.24, 2.45) is 0 Å². The predicted octanol–water partition coefficient (Wildman–Crippen LogP) is 1.30. The van der Waals surface area contributed by atoms with E-state index in [1.807, 2.05) is 18.5 Å². The maximum absolute atomic E-state index is 11.4. The van der Waals surface area contributed by atoms with Crippen LogP contribution in [0.3, 0.4) is 0 Å². The lowest BCUT2D eigenvalue weighted by Crippen LogP contribution is -2.35. The van der Waals surface area contributed by atoms with E-state index in [0.717, 1.165) is 44.8 Å². The molecule has 0 saturated heterocycles. The van der Waals surface area contributed by atoms with Crippen LogP contribution < -0.4 is 5.48 Å². The molecule has 1 aromatic rings. The third-order valence-corrected chi connectivity index (χ3v) is 3.57. The number of esters is 1. The lowest BCUT2D eigenvalue weighted by molar-refractivity contribution is -0.143. The molecule has 0 amide bonds. The average Bonchev–Trinajstić information content (AvgIpc) is 2.82. The molecule has 0 bridgehead atoms. The van der Waals surface area contributed by atoms with Gasteiger partial charge in [0.2, 0.25) is 0 Å². The number of nitrogens with zero attached hydrogens (tertiary/aromatic N) is 3. The van der Waals surface area contributed by atoms with E-state index in [2.05, 4.69) is 28.5 Å². The number of ether oxygens (including phenoxy) is 1. The number of hydrogen-bond acceptors (Lipinski definition) is 6. The molecule has 1 heterocycles. The molecule has 0 spiro atoms. The molecule has 23 heavy (non-hydrogen) atoms. The van der Waals surface area contributed by atoms with Gasteiger partial charge in [-0.25, -0.2) is 5.48 Å². The lowest BCUT2D eigenvalue weighted by atomic mass is 10.3. The number of hydrogen-bond donors (Lipinski definition) is 1. The van der Waals surface area contributed by atoms with Gasteiger partial charge < -0.3 is 14.5 Å². The highest BCUT2D eigenvalue weighted by Crippen LogP contribution is 2.03. The van der Waals surface area contributed by atoms with Gasteiger partial charge in [-0.15, -0.1) is 0 Å². The number of hydroxylamine groups is 1. The maximum Gasteiger partial charge on any atom is 0.305 e. The van der Waals surface area contributed by atoms with E-state index >= 15 is 0 Å². The zero-order valence-corrected chi connectivity index (χ0v) is 14.8. The molecule has 0 aliphatic carbocycles. The van der Waals surface area contributed by atoms with Crippen LogP contribution in [0.25, 0.3) is 0 Å². The smallest absolute Gasteiger partial charge is 0.305 e. The second kappa shape index (κ2) is 11.2. The van der Waals surface area contributed by atoms with Crippen LogP contribution >= 0.6 is 0 Å². The van der Waals surface area contributed by atoms with Crippen LogP contribution in [-0.2, 0) is 20.9 Å². The Kier molecular flexibility index (Phi) is 9.51. The lowest BCUT2D eigenvalue weighted by Gasteiger charge is -2.22. The van der Waals surface area contributed by atoms with E-state index in [0.29, 0.717) is 13.0 Å². The zero-order chi connectivity index (χ0) is 17.1. The number of carbonyl (C=O) groups is 1. The van der Waals surface area contributed by atoms with Gasteiger partial charge in [0.25, 0.3) is 0 Å². The largest absolute Gasteiger partial charge is 0.466 e. The highest BCUT2D eigenvalue weighted by atomic mass is 16.6. The minimum atomic E-state index is -0.124. The summed E-state index contributed by atoms with van der Waals surface area (Å²) in [6.45, 7) is 10.5. The van der Waals surface area contributed by atoms with Crippen molar-refractivity contribution < 1.29 is 14.4 Å². The molecule has 7 heteroatoms. The van der Waals surface area contributed by atoms with Gasteiger partial charge in [0, 0.05) is 31.7 Å². The van der Waals surface area contributed by atoms with Crippen molar-refractivity contribution >= 4 is 5.97 Å². The molecular weight excluding hydrogens is 296 g/mol. The summed E-state index contributed by atoms with van der Waals surface area (Å²) in [5, 5.41) is 4.49. The third-order valence-electron chi connectivity index (χ3n) is 3.57. The minimum Gasteiger partial charge on any atom is -0.466 e. The van der Waals surface area contributed by atoms with Gasteiger partial charge >= 0.3 is 5.97 Å². The first-order chi connectivity index (χ1) is 11.1. The summed E-state index contributed by atoms with van der Waals surface area (Å²) in [5.74, 6) is -0.124. The fourth-order valence-electron chi connectivity index (χ4n) is 2.46. The number of rotatable bonds is 12. The standard InChI is InChI=1S/C16H30N4O3/c1-5-23-16(21)7-6-9-19(10-8-17-22-4)11-12-20-15(3)13-14(2)18-20/h13,17H,5-12H2,1-4H3. The van der Waals surface area contributed by atoms with E-state index in [9.17, 15) is 4.79 Å². The molecule has 1 aromatic heterocycles. The molecule has 7 nitrogen and oxygen atoms in total. The quantitative estimate of drug-likeness (QED) is 0.355. The summed E-state index contributed by atoms with van der Waals surface area (Å²) in [5.41, 5.74) is 5.07. The van der Waals surface area contributed by atoms with Gasteiger partial charge in [-0.05, 0) is 39.8 Å². The summed E-state index contributed by atoms with van der Waals surface area (Å²) < 4.78 is 6.99. The summed E-state index contributed by atoms with van der Waals surface area (Å²) in [6.07, 6.45) is 1.25. The van der Waals surface area contributed by atoms with Crippen LogP contribution in [0.5, 0.6) is 0 Å². The first-order valence-electron chi connectivity index (χ1n) is 8.21. The Morgan fingerprint density at radius 1 is 1.35 bits per heavy atom. The highest BCUT2D eigenvalue weighted by molar-refractivity contribution is 5.69. The van der Waals surface area contributed by atoms with Gasteiger partial charge in [-0.3, -0.25) is 9.48 Å². The normalized spacial score (nSPS) is 11.2. The van der Waals surface area contributed by atoms with Crippen molar-refractivity contribution in [3.63, 3.8) is 0 Å². The molecule has 0 aromatic carbocycles. The molecule has 0 atom stereocenters. The average molecular weight is 326 g/mol. The minimum absolute atomic E-state index is 0.124. The number of nitrogens with one attached hydrogen (secondary N) is 1. The van der Waals surface area contributed by atoms with Crippen molar-refractivity contribution in [1.29, 1.82) is 0 Å². The molecule has 0 unspecified atom stereocenters. The fourth-order valence-corrected chi connectivity index (χ4v) is 2.46. The van der Waals surface area contributed by atoms with E-state index in [1.165, 1.54) is 5.69 Å². The number of aromatic nitrogens is 2. The summed E-state index contributed by atoms with van der Waals surface area (Å²) in [7, 11) is 1.61. The number of aryl methyl sites for hydroxylation is 2. The van der Waals surface area contributed by atoms with Crippen LogP contribution in [-0.4, -0.2) is 60.5 Å². The Labute approximate surface area is 138 Å².